The summed E-state index contributed by atoms with van der Waals surface area (Å²) >= 11 is 3.43. The molecule has 124 valence electrons. The molecule has 0 aliphatic carbocycles. The Balaban J connectivity index is 1.94. The van der Waals surface area contributed by atoms with Gasteiger partial charge in [-0.3, -0.25) is 5.10 Å². The van der Waals surface area contributed by atoms with Crippen LogP contribution in [0.15, 0.2) is 56.7 Å². The fourth-order valence-electron chi connectivity index (χ4n) is 2.97. The van der Waals surface area contributed by atoms with Gasteiger partial charge in [0.2, 0.25) is 11.8 Å². The van der Waals surface area contributed by atoms with Crippen molar-refractivity contribution < 1.29 is 9.15 Å². The number of rotatable bonds is 2. The molecule has 2 aromatic heterocycles. The molecule has 3 N–H and O–H groups in total. The smallest absolute Gasteiger partial charge is 0.244 e. The summed E-state index contributed by atoms with van der Waals surface area (Å²) in [6.45, 7) is 1.86. The molecule has 0 unspecified atom stereocenters. The standard InChI is InChI=1S/C18H13BrN4O2/c1-9-2-7-13(24-9)14-12(8-20)17(21)25-18-15(14)16(22-23-18)10-3-5-11(19)6-4-10/h2-7,14H,21H2,1H3,(H,22,23)/t14-/m0/s1. The molecular weight excluding hydrogens is 384 g/mol. The van der Waals surface area contributed by atoms with E-state index in [1.165, 1.54) is 0 Å². The number of halogens is 1. The first-order chi connectivity index (χ1) is 12.1. The van der Waals surface area contributed by atoms with Crippen molar-refractivity contribution in [2.75, 3.05) is 0 Å². The first kappa shape index (κ1) is 15.5. The molecule has 6 nitrogen and oxygen atoms in total. The van der Waals surface area contributed by atoms with Crippen LogP contribution in [-0.4, -0.2) is 10.2 Å². The number of hydrogen-bond acceptors (Lipinski definition) is 5. The topological polar surface area (TPSA) is 101 Å². The van der Waals surface area contributed by atoms with Crippen LogP contribution >= 0.6 is 15.9 Å². The molecule has 3 aromatic rings. The summed E-state index contributed by atoms with van der Waals surface area (Å²) < 4.78 is 12.3. The highest BCUT2D eigenvalue weighted by atomic mass is 79.9. The Morgan fingerprint density at radius 3 is 2.64 bits per heavy atom. The van der Waals surface area contributed by atoms with E-state index in [1.54, 1.807) is 0 Å². The fraction of sp³-hybridized carbons (Fsp3) is 0.111. The number of aromatic amines is 1. The van der Waals surface area contributed by atoms with E-state index in [0.717, 1.165) is 27.1 Å². The lowest BCUT2D eigenvalue weighted by molar-refractivity contribution is 0.369. The maximum Gasteiger partial charge on any atom is 0.244 e. The van der Waals surface area contributed by atoms with E-state index >= 15 is 0 Å². The monoisotopic (exact) mass is 396 g/mol. The van der Waals surface area contributed by atoms with Crippen molar-refractivity contribution in [2.24, 2.45) is 5.73 Å². The second-order valence-electron chi connectivity index (χ2n) is 5.70. The summed E-state index contributed by atoms with van der Waals surface area (Å²) in [6.07, 6.45) is 0. The average molecular weight is 397 g/mol. The molecule has 0 bridgehead atoms. The van der Waals surface area contributed by atoms with Crippen LogP contribution in [0.2, 0.25) is 0 Å². The van der Waals surface area contributed by atoms with E-state index in [-0.39, 0.29) is 5.88 Å². The number of benzene rings is 1. The predicted molar refractivity (Wildman–Crippen MR) is 94.5 cm³/mol. The van der Waals surface area contributed by atoms with Gasteiger partial charge in [0.05, 0.1) is 17.2 Å². The third kappa shape index (κ3) is 2.51. The van der Waals surface area contributed by atoms with Crippen LogP contribution in [0.25, 0.3) is 11.3 Å². The molecule has 7 heteroatoms. The van der Waals surface area contributed by atoms with E-state index in [0.29, 0.717) is 17.2 Å². The van der Waals surface area contributed by atoms with Gasteiger partial charge in [0.1, 0.15) is 23.2 Å². The van der Waals surface area contributed by atoms with Crippen molar-refractivity contribution in [3.63, 3.8) is 0 Å². The molecule has 0 amide bonds. The largest absolute Gasteiger partial charge is 0.465 e. The molecule has 1 aliphatic heterocycles. The van der Waals surface area contributed by atoms with Crippen LogP contribution in [-0.2, 0) is 0 Å². The second kappa shape index (κ2) is 5.83. The molecule has 0 radical (unpaired) electrons. The Morgan fingerprint density at radius 2 is 2.00 bits per heavy atom. The van der Waals surface area contributed by atoms with Gasteiger partial charge in [0.25, 0.3) is 0 Å². The van der Waals surface area contributed by atoms with Gasteiger partial charge < -0.3 is 14.9 Å². The van der Waals surface area contributed by atoms with Crippen molar-refractivity contribution in [1.82, 2.24) is 10.2 Å². The second-order valence-corrected chi connectivity index (χ2v) is 6.61. The van der Waals surface area contributed by atoms with Gasteiger partial charge in [-0.1, -0.05) is 28.1 Å². The number of aromatic nitrogens is 2. The number of allylic oxidation sites excluding steroid dienone is 1. The Hall–Kier alpha value is -2.98. The third-order valence-corrected chi connectivity index (χ3v) is 4.65. The quantitative estimate of drug-likeness (QED) is 0.682. The minimum Gasteiger partial charge on any atom is -0.465 e. The molecule has 0 fully saturated rings. The van der Waals surface area contributed by atoms with Crippen molar-refractivity contribution in [3.05, 3.63) is 69.4 Å². The zero-order chi connectivity index (χ0) is 17.6. The van der Waals surface area contributed by atoms with Crippen molar-refractivity contribution in [2.45, 2.75) is 12.8 Å². The fourth-order valence-corrected chi connectivity index (χ4v) is 3.24. The lowest BCUT2D eigenvalue weighted by atomic mass is 9.86. The number of furan rings is 1. The van der Waals surface area contributed by atoms with Crippen LogP contribution in [0, 0.1) is 18.3 Å². The number of nitrogens with two attached hydrogens (primary N) is 1. The molecule has 1 aromatic carbocycles. The Labute approximate surface area is 152 Å². The zero-order valence-corrected chi connectivity index (χ0v) is 14.8. The summed E-state index contributed by atoms with van der Waals surface area (Å²) in [5.41, 5.74) is 8.67. The average Bonchev–Trinajstić information content (AvgIpc) is 3.20. The van der Waals surface area contributed by atoms with Crippen LogP contribution in [0.3, 0.4) is 0 Å². The number of ether oxygens (including phenoxy) is 1. The van der Waals surface area contributed by atoms with Gasteiger partial charge in [0, 0.05) is 10.0 Å². The SMILES string of the molecule is Cc1ccc([C@@H]2C(C#N)=C(N)Oc3n[nH]c(-c4ccc(Br)cc4)c32)o1. The van der Waals surface area contributed by atoms with Crippen LogP contribution < -0.4 is 10.5 Å². The van der Waals surface area contributed by atoms with E-state index in [1.807, 2.05) is 43.3 Å². The minimum atomic E-state index is -0.472. The molecule has 25 heavy (non-hydrogen) atoms. The highest BCUT2D eigenvalue weighted by molar-refractivity contribution is 9.10. The maximum atomic E-state index is 9.61. The summed E-state index contributed by atoms with van der Waals surface area (Å²) in [7, 11) is 0. The predicted octanol–water partition coefficient (Wildman–Crippen LogP) is 3.96. The molecule has 4 rings (SSSR count). The first-order valence-electron chi connectivity index (χ1n) is 7.56. The number of fused-ring (bicyclic) bond motifs is 1. The van der Waals surface area contributed by atoms with Gasteiger partial charge in [-0.2, -0.15) is 5.26 Å². The van der Waals surface area contributed by atoms with E-state index < -0.39 is 5.92 Å². The Morgan fingerprint density at radius 1 is 1.24 bits per heavy atom. The third-order valence-electron chi connectivity index (χ3n) is 4.12. The van der Waals surface area contributed by atoms with Gasteiger partial charge in [-0.05, 0) is 31.2 Å². The van der Waals surface area contributed by atoms with E-state index in [9.17, 15) is 5.26 Å². The van der Waals surface area contributed by atoms with Crippen molar-refractivity contribution in [1.29, 1.82) is 5.26 Å². The number of H-pyrrole nitrogens is 1. The molecule has 3 heterocycles. The Kier molecular flexibility index (Phi) is 3.62. The van der Waals surface area contributed by atoms with Crippen molar-refractivity contribution >= 4 is 15.9 Å². The van der Waals surface area contributed by atoms with Crippen LogP contribution in [0.1, 0.15) is 23.0 Å². The Bertz CT molecular complexity index is 1020. The van der Waals surface area contributed by atoms with Gasteiger partial charge >= 0.3 is 0 Å². The van der Waals surface area contributed by atoms with Crippen LogP contribution in [0.5, 0.6) is 5.88 Å². The summed E-state index contributed by atoms with van der Waals surface area (Å²) in [5.74, 6) is 1.31. The number of nitrogens with zero attached hydrogens (tertiary/aromatic N) is 2. The summed E-state index contributed by atoms with van der Waals surface area (Å²) in [5, 5.41) is 16.8. The molecule has 1 atom stereocenters. The molecule has 0 saturated heterocycles. The van der Waals surface area contributed by atoms with Gasteiger partial charge in [-0.15, -0.1) is 5.10 Å². The van der Waals surface area contributed by atoms with E-state index in [2.05, 4.69) is 32.2 Å². The normalized spacial score (nSPS) is 16.3. The van der Waals surface area contributed by atoms with Gasteiger partial charge in [0.15, 0.2) is 0 Å². The highest BCUT2D eigenvalue weighted by Crippen LogP contribution is 2.45. The molecule has 0 spiro atoms. The van der Waals surface area contributed by atoms with Gasteiger partial charge in [-0.25, -0.2) is 0 Å². The van der Waals surface area contributed by atoms with E-state index in [4.69, 9.17) is 14.9 Å². The first-order valence-corrected chi connectivity index (χ1v) is 8.36. The zero-order valence-electron chi connectivity index (χ0n) is 13.2. The molecule has 1 aliphatic rings. The summed E-state index contributed by atoms with van der Waals surface area (Å²) in [6, 6.07) is 13.6. The van der Waals surface area contributed by atoms with Crippen molar-refractivity contribution in [3.8, 4) is 23.2 Å². The molecule has 0 saturated carbocycles. The lowest BCUT2D eigenvalue weighted by Crippen LogP contribution is -2.20. The van der Waals surface area contributed by atoms with Crippen LogP contribution in [0.4, 0.5) is 0 Å². The lowest BCUT2D eigenvalue weighted by Gasteiger charge is -2.22. The number of hydrogen-bond donors (Lipinski definition) is 2. The number of nitriles is 1. The molecular formula is C18H13BrN4O2. The number of nitrogens with one attached hydrogen (secondary N) is 1. The maximum absolute atomic E-state index is 9.61. The summed E-state index contributed by atoms with van der Waals surface area (Å²) in [4.78, 5) is 0. The number of aryl methyl sites for hydroxylation is 1. The highest BCUT2D eigenvalue weighted by Gasteiger charge is 2.37. The minimum absolute atomic E-state index is 0.0444.